The molecule has 1 aromatic heterocycles. The largest absolute Gasteiger partial charge is 0.450 e. The minimum absolute atomic E-state index is 0.0167. The molecule has 1 fully saturated rings. The highest BCUT2D eigenvalue weighted by Crippen LogP contribution is 2.27. The van der Waals surface area contributed by atoms with E-state index in [9.17, 15) is 9.59 Å². The Bertz CT molecular complexity index is 1050. The van der Waals surface area contributed by atoms with E-state index in [1.54, 1.807) is 0 Å². The van der Waals surface area contributed by atoms with Gasteiger partial charge in [-0.2, -0.15) is 0 Å². The Kier molecular flexibility index (Phi) is 5.86. The molecule has 0 saturated carbocycles. The maximum Gasteiger partial charge on any atom is 0.287 e. The third kappa shape index (κ3) is 4.39. The zero-order chi connectivity index (χ0) is 21.1. The lowest BCUT2D eigenvalue weighted by Gasteiger charge is -2.31. The van der Waals surface area contributed by atoms with Crippen LogP contribution in [-0.4, -0.2) is 42.4 Å². The van der Waals surface area contributed by atoms with E-state index < -0.39 is 0 Å². The summed E-state index contributed by atoms with van der Waals surface area (Å²) in [7, 11) is 0. The molecule has 0 unspecified atom stereocenters. The van der Waals surface area contributed by atoms with Crippen molar-refractivity contribution in [3.63, 3.8) is 0 Å². The average Bonchev–Trinajstić information content (AvgIpc) is 3.08. The minimum atomic E-state index is -0.164. The molecule has 2 heterocycles. The Morgan fingerprint density at radius 3 is 2.47 bits per heavy atom. The zero-order valence-corrected chi connectivity index (χ0v) is 17.4. The lowest BCUT2D eigenvalue weighted by atomic mass is 10.0. The van der Waals surface area contributed by atoms with E-state index in [-0.39, 0.29) is 17.9 Å². The minimum Gasteiger partial charge on any atom is -0.450 e. The molecule has 0 radical (unpaired) electrons. The number of rotatable bonds is 5. The Morgan fingerprint density at radius 1 is 1.03 bits per heavy atom. The molecule has 2 amide bonds. The molecule has 6 heteroatoms. The van der Waals surface area contributed by atoms with Crippen molar-refractivity contribution in [3.8, 4) is 0 Å². The number of para-hydroxylation sites is 2. The summed E-state index contributed by atoms with van der Waals surface area (Å²) in [6.07, 6.45) is 1.62. The van der Waals surface area contributed by atoms with Crippen molar-refractivity contribution < 1.29 is 14.0 Å². The molecule has 30 heavy (non-hydrogen) atoms. The van der Waals surface area contributed by atoms with Gasteiger partial charge >= 0.3 is 0 Å². The van der Waals surface area contributed by atoms with Crippen LogP contribution in [0.2, 0.25) is 0 Å². The first kappa shape index (κ1) is 20.2. The SMILES string of the molecule is Cc1c(C(=O)NC2CCN(CC(=O)Nc3ccccc3)CC2)oc2c(C)cccc12. The van der Waals surface area contributed by atoms with Crippen LogP contribution in [0.3, 0.4) is 0 Å². The molecule has 1 aliphatic heterocycles. The van der Waals surface area contributed by atoms with Crippen LogP contribution in [0.1, 0.15) is 34.5 Å². The molecular formula is C24H27N3O3. The van der Waals surface area contributed by atoms with Crippen molar-refractivity contribution in [2.24, 2.45) is 0 Å². The number of benzene rings is 2. The van der Waals surface area contributed by atoms with Gasteiger partial charge in [0.05, 0.1) is 6.54 Å². The first-order valence-electron chi connectivity index (χ1n) is 10.4. The van der Waals surface area contributed by atoms with E-state index in [1.165, 1.54) is 0 Å². The molecule has 1 saturated heterocycles. The van der Waals surface area contributed by atoms with Crippen LogP contribution in [0.15, 0.2) is 52.9 Å². The van der Waals surface area contributed by atoms with E-state index in [2.05, 4.69) is 15.5 Å². The number of aryl methyl sites for hydroxylation is 2. The zero-order valence-electron chi connectivity index (χ0n) is 17.4. The predicted molar refractivity (Wildman–Crippen MR) is 118 cm³/mol. The summed E-state index contributed by atoms with van der Waals surface area (Å²) in [6.45, 7) is 5.80. The molecule has 3 aromatic rings. The number of carbonyl (C=O) groups excluding carboxylic acids is 2. The molecule has 2 aromatic carbocycles. The standard InChI is InChI=1S/C24H27N3O3/c1-16-7-6-10-20-17(2)23(30-22(16)20)24(29)26-19-11-13-27(14-12-19)15-21(28)25-18-8-4-3-5-9-18/h3-10,19H,11-15H2,1-2H3,(H,25,28)(H,26,29). The highest BCUT2D eigenvalue weighted by atomic mass is 16.3. The van der Waals surface area contributed by atoms with Gasteiger partial charge in [0.1, 0.15) is 5.58 Å². The molecule has 0 spiro atoms. The molecule has 156 valence electrons. The maximum absolute atomic E-state index is 12.8. The van der Waals surface area contributed by atoms with Crippen LogP contribution in [0.5, 0.6) is 0 Å². The Hall–Kier alpha value is -3.12. The molecular weight excluding hydrogens is 378 g/mol. The summed E-state index contributed by atoms with van der Waals surface area (Å²) in [6, 6.07) is 15.5. The number of fused-ring (bicyclic) bond motifs is 1. The highest BCUT2D eigenvalue weighted by molar-refractivity contribution is 5.99. The van der Waals surface area contributed by atoms with E-state index in [0.29, 0.717) is 12.3 Å². The van der Waals surface area contributed by atoms with Gasteiger partial charge in [0, 0.05) is 35.8 Å². The van der Waals surface area contributed by atoms with Gasteiger partial charge in [-0.1, -0.05) is 36.4 Å². The van der Waals surface area contributed by atoms with Crippen molar-refractivity contribution in [1.82, 2.24) is 10.2 Å². The third-order valence-corrected chi connectivity index (χ3v) is 5.71. The highest BCUT2D eigenvalue weighted by Gasteiger charge is 2.25. The number of nitrogens with zero attached hydrogens (tertiary/aromatic N) is 1. The maximum atomic E-state index is 12.8. The summed E-state index contributed by atoms with van der Waals surface area (Å²) < 4.78 is 5.89. The van der Waals surface area contributed by atoms with Gasteiger partial charge in [-0.25, -0.2) is 0 Å². The molecule has 0 aliphatic carbocycles. The van der Waals surface area contributed by atoms with Gasteiger partial charge < -0.3 is 15.1 Å². The third-order valence-electron chi connectivity index (χ3n) is 5.71. The van der Waals surface area contributed by atoms with Crippen LogP contribution in [0.4, 0.5) is 5.69 Å². The van der Waals surface area contributed by atoms with Gasteiger partial charge in [-0.05, 0) is 44.4 Å². The van der Waals surface area contributed by atoms with Crippen LogP contribution in [0, 0.1) is 13.8 Å². The smallest absolute Gasteiger partial charge is 0.287 e. The van der Waals surface area contributed by atoms with E-state index in [0.717, 1.165) is 53.7 Å². The Balaban J connectivity index is 1.30. The Labute approximate surface area is 176 Å². The quantitative estimate of drug-likeness (QED) is 0.676. The topological polar surface area (TPSA) is 74.6 Å². The average molecular weight is 405 g/mol. The molecule has 6 nitrogen and oxygen atoms in total. The fraction of sp³-hybridized carbons (Fsp3) is 0.333. The lowest BCUT2D eigenvalue weighted by Crippen LogP contribution is -2.46. The fourth-order valence-electron chi connectivity index (χ4n) is 4.01. The molecule has 0 bridgehead atoms. The lowest BCUT2D eigenvalue weighted by molar-refractivity contribution is -0.117. The van der Waals surface area contributed by atoms with Crippen molar-refractivity contribution in [2.45, 2.75) is 32.7 Å². The number of carbonyl (C=O) groups is 2. The van der Waals surface area contributed by atoms with Gasteiger partial charge in [0.2, 0.25) is 5.91 Å². The van der Waals surface area contributed by atoms with E-state index >= 15 is 0 Å². The first-order chi connectivity index (χ1) is 14.5. The number of nitrogens with one attached hydrogen (secondary N) is 2. The number of amides is 2. The van der Waals surface area contributed by atoms with E-state index in [1.807, 2.05) is 62.4 Å². The van der Waals surface area contributed by atoms with Gasteiger partial charge in [-0.15, -0.1) is 0 Å². The van der Waals surface area contributed by atoms with Crippen molar-refractivity contribution >= 4 is 28.5 Å². The number of likely N-dealkylation sites (tertiary alicyclic amines) is 1. The van der Waals surface area contributed by atoms with Crippen molar-refractivity contribution in [1.29, 1.82) is 0 Å². The van der Waals surface area contributed by atoms with Gasteiger partial charge in [-0.3, -0.25) is 14.5 Å². The van der Waals surface area contributed by atoms with Crippen molar-refractivity contribution in [3.05, 3.63) is 65.4 Å². The second-order valence-electron chi connectivity index (χ2n) is 7.95. The van der Waals surface area contributed by atoms with Gasteiger partial charge in [0.15, 0.2) is 5.76 Å². The summed E-state index contributed by atoms with van der Waals surface area (Å²) >= 11 is 0. The summed E-state index contributed by atoms with van der Waals surface area (Å²) in [5.74, 6) is 0.212. The molecule has 4 rings (SSSR count). The number of piperidine rings is 1. The normalized spacial score (nSPS) is 15.3. The number of hydrogen-bond donors (Lipinski definition) is 2. The summed E-state index contributed by atoms with van der Waals surface area (Å²) in [4.78, 5) is 27.2. The summed E-state index contributed by atoms with van der Waals surface area (Å²) in [5, 5.41) is 7.01. The van der Waals surface area contributed by atoms with Crippen LogP contribution in [-0.2, 0) is 4.79 Å². The van der Waals surface area contributed by atoms with Crippen LogP contribution < -0.4 is 10.6 Å². The molecule has 0 atom stereocenters. The second kappa shape index (κ2) is 8.71. The number of furan rings is 1. The second-order valence-corrected chi connectivity index (χ2v) is 7.95. The summed E-state index contributed by atoms with van der Waals surface area (Å²) in [5.41, 5.74) is 3.48. The predicted octanol–water partition coefficient (Wildman–Crippen LogP) is 3.88. The monoisotopic (exact) mass is 405 g/mol. The van der Waals surface area contributed by atoms with E-state index in [4.69, 9.17) is 4.42 Å². The first-order valence-corrected chi connectivity index (χ1v) is 10.4. The van der Waals surface area contributed by atoms with Crippen LogP contribution in [0.25, 0.3) is 11.0 Å². The number of anilines is 1. The fourth-order valence-corrected chi connectivity index (χ4v) is 4.01. The van der Waals surface area contributed by atoms with Gasteiger partial charge in [0.25, 0.3) is 5.91 Å². The van der Waals surface area contributed by atoms with Crippen molar-refractivity contribution in [2.75, 3.05) is 25.0 Å². The molecule has 1 aliphatic rings. The van der Waals surface area contributed by atoms with Crippen LogP contribution >= 0.6 is 0 Å². The Morgan fingerprint density at radius 2 is 1.77 bits per heavy atom. The number of hydrogen-bond acceptors (Lipinski definition) is 4. The molecule has 2 N–H and O–H groups in total.